The summed E-state index contributed by atoms with van der Waals surface area (Å²) in [7, 11) is 0. The molecule has 0 bridgehead atoms. The summed E-state index contributed by atoms with van der Waals surface area (Å²) in [6.07, 6.45) is 8.21. The lowest BCUT2D eigenvalue weighted by Gasteiger charge is -2.21. The molecule has 1 saturated carbocycles. The van der Waals surface area contributed by atoms with Gasteiger partial charge in [-0.1, -0.05) is 0 Å². The average molecular weight is 290 g/mol. The van der Waals surface area contributed by atoms with Crippen molar-refractivity contribution in [2.45, 2.75) is 76.5 Å². The molecule has 20 heavy (non-hydrogen) atoms. The van der Waals surface area contributed by atoms with Crippen molar-refractivity contribution < 1.29 is 0 Å². The zero-order valence-electron chi connectivity index (χ0n) is 12.7. The summed E-state index contributed by atoms with van der Waals surface area (Å²) in [4.78, 5) is 5.96. The van der Waals surface area contributed by atoms with Crippen molar-refractivity contribution in [3.63, 3.8) is 0 Å². The fourth-order valence-corrected chi connectivity index (χ4v) is 5.36. The quantitative estimate of drug-likeness (QED) is 0.913. The van der Waals surface area contributed by atoms with E-state index >= 15 is 0 Å². The van der Waals surface area contributed by atoms with Crippen molar-refractivity contribution in [1.82, 2.24) is 10.2 Å². The first-order valence-corrected chi connectivity index (χ1v) is 9.15. The molecule has 2 nitrogen and oxygen atoms in total. The molecule has 1 aliphatic heterocycles. The summed E-state index contributed by atoms with van der Waals surface area (Å²) in [6, 6.07) is 5.39. The van der Waals surface area contributed by atoms with Crippen LogP contribution >= 0.6 is 11.3 Å². The highest BCUT2D eigenvalue weighted by molar-refractivity contribution is 7.12. The summed E-state index contributed by atoms with van der Waals surface area (Å²) in [5.41, 5.74) is 1.64. The molecular weight excluding hydrogens is 264 g/mol. The molecule has 0 unspecified atom stereocenters. The second-order valence-corrected chi connectivity index (χ2v) is 8.22. The fraction of sp³-hybridized carbons (Fsp3) is 0.765. The third-order valence-corrected chi connectivity index (χ3v) is 6.74. The van der Waals surface area contributed by atoms with Gasteiger partial charge >= 0.3 is 0 Å². The van der Waals surface area contributed by atoms with Gasteiger partial charge in [0, 0.05) is 40.5 Å². The highest BCUT2D eigenvalue weighted by Gasteiger charge is 2.39. The molecule has 2 fully saturated rings. The Morgan fingerprint density at radius 1 is 1.35 bits per heavy atom. The number of likely N-dealkylation sites (tertiary alicyclic amines) is 1. The van der Waals surface area contributed by atoms with E-state index in [9.17, 15) is 0 Å². The molecule has 3 atom stereocenters. The topological polar surface area (TPSA) is 15.3 Å². The Hall–Kier alpha value is -0.380. The van der Waals surface area contributed by atoms with Gasteiger partial charge in [-0.05, 0) is 64.0 Å². The molecule has 0 amide bonds. The molecule has 3 aliphatic rings. The number of rotatable bonds is 4. The van der Waals surface area contributed by atoms with Crippen LogP contribution in [0.25, 0.3) is 0 Å². The van der Waals surface area contributed by atoms with Gasteiger partial charge in [0.1, 0.15) is 0 Å². The van der Waals surface area contributed by atoms with E-state index in [1.54, 1.807) is 15.3 Å². The number of nitrogens with zero attached hydrogens (tertiary/aromatic N) is 1. The smallest absolute Gasteiger partial charge is 0.0388 e. The SMILES string of the molecule is C[C@H](N[C@@H]1C[C@H](C)N(C2CC2)C1)c1cc2c(s1)CCC2. The summed E-state index contributed by atoms with van der Waals surface area (Å²) in [5.74, 6) is 0. The molecule has 0 radical (unpaired) electrons. The molecular formula is C17H26N2S. The third kappa shape index (κ3) is 2.44. The Morgan fingerprint density at radius 3 is 2.95 bits per heavy atom. The maximum Gasteiger partial charge on any atom is 0.0388 e. The zero-order chi connectivity index (χ0) is 13.7. The van der Waals surface area contributed by atoms with Crippen LogP contribution in [0.15, 0.2) is 6.07 Å². The van der Waals surface area contributed by atoms with E-state index in [0.29, 0.717) is 12.1 Å². The predicted octanol–water partition coefficient (Wildman–Crippen LogP) is 3.51. The van der Waals surface area contributed by atoms with Gasteiger partial charge in [-0.3, -0.25) is 4.90 Å². The van der Waals surface area contributed by atoms with Crippen molar-refractivity contribution in [2.24, 2.45) is 0 Å². The lowest BCUT2D eigenvalue weighted by Crippen LogP contribution is -2.35. The Kier molecular flexibility index (Phi) is 3.40. The summed E-state index contributed by atoms with van der Waals surface area (Å²) < 4.78 is 0. The van der Waals surface area contributed by atoms with Gasteiger partial charge in [0.15, 0.2) is 0 Å². The Morgan fingerprint density at radius 2 is 2.20 bits per heavy atom. The van der Waals surface area contributed by atoms with Gasteiger partial charge in [0.2, 0.25) is 0 Å². The lowest BCUT2D eigenvalue weighted by molar-refractivity contribution is 0.254. The molecule has 1 saturated heterocycles. The van der Waals surface area contributed by atoms with Crippen LogP contribution in [-0.2, 0) is 12.8 Å². The van der Waals surface area contributed by atoms with E-state index in [0.717, 1.165) is 12.1 Å². The number of hydrogen-bond acceptors (Lipinski definition) is 3. The summed E-state index contributed by atoms with van der Waals surface area (Å²) in [5, 5.41) is 3.90. The molecule has 110 valence electrons. The van der Waals surface area contributed by atoms with Crippen LogP contribution in [0.3, 0.4) is 0 Å². The molecule has 0 spiro atoms. The molecule has 0 aromatic carbocycles. The van der Waals surface area contributed by atoms with Crippen molar-refractivity contribution in [3.8, 4) is 0 Å². The van der Waals surface area contributed by atoms with Crippen molar-refractivity contribution in [3.05, 3.63) is 21.4 Å². The van der Waals surface area contributed by atoms with E-state index in [1.165, 1.54) is 45.1 Å². The summed E-state index contributed by atoms with van der Waals surface area (Å²) in [6.45, 7) is 6.02. The van der Waals surface area contributed by atoms with E-state index < -0.39 is 0 Å². The number of hydrogen-bond donors (Lipinski definition) is 1. The summed E-state index contributed by atoms with van der Waals surface area (Å²) >= 11 is 2.06. The lowest BCUT2D eigenvalue weighted by atomic mass is 10.1. The van der Waals surface area contributed by atoms with Crippen molar-refractivity contribution in [2.75, 3.05) is 6.54 Å². The van der Waals surface area contributed by atoms with Gasteiger partial charge in [0.05, 0.1) is 0 Å². The second-order valence-electron chi connectivity index (χ2n) is 7.05. The van der Waals surface area contributed by atoms with Gasteiger partial charge < -0.3 is 5.32 Å². The average Bonchev–Trinajstić information content (AvgIpc) is 2.85. The van der Waals surface area contributed by atoms with Gasteiger partial charge in [-0.2, -0.15) is 0 Å². The molecule has 4 rings (SSSR count). The van der Waals surface area contributed by atoms with Crippen molar-refractivity contribution in [1.29, 1.82) is 0 Å². The molecule has 2 aliphatic carbocycles. The van der Waals surface area contributed by atoms with Gasteiger partial charge in [0.25, 0.3) is 0 Å². The van der Waals surface area contributed by atoms with E-state index in [-0.39, 0.29) is 0 Å². The monoisotopic (exact) mass is 290 g/mol. The predicted molar refractivity (Wildman–Crippen MR) is 85.5 cm³/mol. The standard InChI is InChI=1S/C17H26N2S/c1-11-8-14(10-19(11)15-6-7-15)18-12(2)17-9-13-4-3-5-16(13)20-17/h9,11-12,14-15,18H,3-8,10H2,1-2H3/t11-,12-,14+/m0/s1. The van der Waals surface area contributed by atoms with E-state index in [2.05, 4.69) is 41.5 Å². The molecule has 3 heteroatoms. The van der Waals surface area contributed by atoms with Crippen LogP contribution in [0, 0.1) is 0 Å². The van der Waals surface area contributed by atoms with Crippen LogP contribution in [0.4, 0.5) is 0 Å². The highest BCUT2D eigenvalue weighted by Crippen LogP contribution is 2.36. The fourth-order valence-electron chi connectivity index (χ4n) is 4.09. The maximum absolute atomic E-state index is 3.90. The van der Waals surface area contributed by atoms with Crippen LogP contribution in [0.5, 0.6) is 0 Å². The van der Waals surface area contributed by atoms with E-state index in [4.69, 9.17) is 0 Å². The van der Waals surface area contributed by atoms with Gasteiger partial charge in [-0.15, -0.1) is 11.3 Å². The van der Waals surface area contributed by atoms with Crippen LogP contribution in [0.1, 0.15) is 60.9 Å². The highest BCUT2D eigenvalue weighted by atomic mass is 32.1. The Balaban J connectivity index is 1.38. The largest absolute Gasteiger partial charge is 0.305 e. The first-order valence-electron chi connectivity index (χ1n) is 8.34. The minimum absolute atomic E-state index is 0.530. The minimum atomic E-state index is 0.530. The second kappa shape index (κ2) is 5.11. The van der Waals surface area contributed by atoms with Crippen LogP contribution in [-0.4, -0.2) is 29.6 Å². The Bertz CT molecular complexity index is 470. The molecule has 1 N–H and O–H groups in total. The van der Waals surface area contributed by atoms with Crippen LogP contribution < -0.4 is 5.32 Å². The number of fused-ring (bicyclic) bond motifs is 1. The molecule has 1 aromatic rings. The third-order valence-electron chi connectivity index (χ3n) is 5.32. The molecule has 2 heterocycles. The molecule has 1 aromatic heterocycles. The van der Waals surface area contributed by atoms with Crippen molar-refractivity contribution >= 4 is 11.3 Å². The number of nitrogens with one attached hydrogen (secondary N) is 1. The van der Waals surface area contributed by atoms with E-state index in [1.807, 2.05) is 0 Å². The minimum Gasteiger partial charge on any atom is -0.305 e. The number of thiophene rings is 1. The van der Waals surface area contributed by atoms with Crippen LogP contribution in [0.2, 0.25) is 0 Å². The van der Waals surface area contributed by atoms with Gasteiger partial charge in [-0.25, -0.2) is 0 Å². The first-order chi connectivity index (χ1) is 9.70. The number of aryl methyl sites for hydroxylation is 2. The zero-order valence-corrected chi connectivity index (χ0v) is 13.5. The Labute approximate surface area is 126 Å². The normalized spacial score (nSPS) is 31.7. The maximum atomic E-state index is 3.90. The first kappa shape index (κ1) is 13.3.